The van der Waals surface area contributed by atoms with E-state index in [0.29, 0.717) is 11.1 Å². The van der Waals surface area contributed by atoms with Crippen molar-refractivity contribution in [3.05, 3.63) is 40.9 Å². The fourth-order valence-corrected chi connectivity index (χ4v) is 2.32. The minimum atomic E-state index is -1.56. The van der Waals surface area contributed by atoms with Crippen LogP contribution in [0.4, 0.5) is 0 Å². The monoisotopic (exact) mass is 305 g/mol. The fraction of sp³-hybridized carbons (Fsp3) is 0.429. The Morgan fingerprint density at radius 2 is 1.82 bits per heavy atom. The van der Waals surface area contributed by atoms with Crippen LogP contribution in [-0.2, 0) is 4.74 Å². The lowest BCUT2D eigenvalue weighted by Gasteiger charge is -2.38. The van der Waals surface area contributed by atoms with Gasteiger partial charge in [-0.25, -0.2) is 0 Å². The number of nitriles is 1. The molecule has 1 fully saturated rings. The highest BCUT2D eigenvalue weighted by molar-refractivity contribution is 6.00. The lowest BCUT2D eigenvalue weighted by molar-refractivity contribution is -0.217. The van der Waals surface area contributed by atoms with Crippen LogP contribution in [0.5, 0.6) is 0 Å². The van der Waals surface area contributed by atoms with Gasteiger partial charge in [0.05, 0.1) is 23.8 Å². The van der Waals surface area contributed by atoms with Crippen LogP contribution in [0.1, 0.15) is 11.1 Å². The maximum absolute atomic E-state index is 10.0. The van der Waals surface area contributed by atoms with Crippen molar-refractivity contribution in [2.45, 2.75) is 30.5 Å². The predicted octanol–water partition coefficient (Wildman–Crippen LogP) is -1.58. The van der Waals surface area contributed by atoms with Crippen molar-refractivity contribution in [1.29, 1.82) is 5.26 Å². The van der Waals surface area contributed by atoms with E-state index in [2.05, 4.69) is 4.79 Å². The summed E-state index contributed by atoms with van der Waals surface area (Å²) >= 11 is 0. The molecule has 1 aromatic carbocycles. The lowest BCUT2D eigenvalue weighted by Crippen LogP contribution is -2.60. The van der Waals surface area contributed by atoms with Gasteiger partial charge in [-0.15, -0.1) is 0 Å². The summed E-state index contributed by atoms with van der Waals surface area (Å²) < 4.78 is 5.33. The van der Waals surface area contributed by atoms with Crippen LogP contribution < -0.4 is 0 Å². The van der Waals surface area contributed by atoms with Crippen molar-refractivity contribution in [3.63, 3.8) is 0 Å². The first-order valence-corrected chi connectivity index (χ1v) is 6.56. The van der Waals surface area contributed by atoms with E-state index in [1.807, 2.05) is 6.07 Å². The van der Waals surface area contributed by atoms with E-state index in [1.54, 1.807) is 0 Å². The standard InChI is InChI=1S/C14H15N3O5/c15-5-7-1-3-8(4-2-7)10(17-16)14-13(21)12(20)11(19)9(6-18)22-14/h1-4,9,11-14,18-21H,6H2/t9-,11-,12+,13-,14-/m1/s1. The quantitative estimate of drug-likeness (QED) is 0.300. The molecule has 2 rings (SSSR count). The van der Waals surface area contributed by atoms with E-state index in [1.165, 1.54) is 24.3 Å². The van der Waals surface area contributed by atoms with Gasteiger partial charge in [0, 0.05) is 0 Å². The first-order chi connectivity index (χ1) is 10.5. The molecule has 0 radical (unpaired) electrons. The first-order valence-electron chi connectivity index (χ1n) is 6.56. The maximum Gasteiger partial charge on any atom is 0.330 e. The van der Waals surface area contributed by atoms with Gasteiger partial charge in [-0.1, -0.05) is 0 Å². The van der Waals surface area contributed by atoms with E-state index in [4.69, 9.17) is 15.1 Å². The number of nitrogens with zero attached hydrogens (tertiary/aromatic N) is 3. The number of benzene rings is 1. The first kappa shape index (κ1) is 16.3. The molecule has 1 heterocycles. The summed E-state index contributed by atoms with van der Waals surface area (Å²) in [6.07, 6.45) is -6.94. The van der Waals surface area contributed by atoms with Gasteiger partial charge in [0.15, 0.2) is 6.10 Å². The van der Waals surface area contributed by atoms with E-state index < -0.39 is 37.1 Å². The van der Waals surface area contributed by atoms with Crippen molar-refractivity contribution in [2.75, 3.05) is 6.61 Å². The predicted molar refractivity (Wildman–Crippen MR) is 72.7 cm³/mol. The maximum atomic E-state index is 10.0. The second-order valence-electron chi connectivity index (χ2n) is 4.92. The highest BCUT2D eigenvalue weighted by Gasteiger charge is 2.48. The van der Waals surface area contributed by atoms with Crippen LogP contribution in [0.25, 0.3) is 5.53 Å². The molecule has 5 atom stereocenters. The zero-order valence-electron chi connectivity index (χ0n) is 11.4. The van der Waals surface area contributed by atoms with Gasteiger partial charge in [0.1, 0.15) is 24.4 Å². The van der Waals surface area contributed by atoms with Crippen molar-refractivity contribution in [3.8, 4) is 6.07 Å². The van der Waals surface area contributed by atoms with Crippen molar-refractivity contribution >= 4 is 5.71 Å². The van der Waals surface area contributed by atoms with E-state index >= 15 is 0 Å². The highest BCUT2D eigenvalue weighted by atomic mass is 16.5. The minimum absolute atomic E-state index is 0.0820. The largest absolute Gasteiger partial charge is 0.394 e. The molecule has 22 heavy (non-hydrogen) atoms. The van der Waals surface area contributed by atoms with Gasteiger partial charge < -0.3 is 30.7 Å². The molecular weight excluding hydrogens is 290 g/mol. The third-order valence-electron chi connectivity index (χ3n) is 3.58. The number of ether oxygens (including phenoxy) is 1. The lowest BCUT2D eigenvalue weighted by atomic mass is 9.90. The van der Waals surface area contributed by atoms with Crippen molar-refractivity contribution in [1.82, 2.24) is 0 Å². The summed E-state index contributed by atoms with van der Waals surface area (Å²) in [4.78, 5) is 3.09. The average Bonchev–Trinajstić information content (AvgIpc) is 2.56. The second kappa shape index (κ2) is 6.77. The molecule has 4 N–H and O–H groups in total. The fourth-order valence-electron chi connectivity index (χ4n) is 2.32. The van der Waals surface area contributed by atoms with Crippen LogP contribution in [0.3, 0.4) is 0 Å². The molecule has 1 aliphatic heterocycles. The number of rotatable bonds is 3. The number of aliphatic hydroxyl groups excluding tert-OH is 4. The normalized spacial score (nSPS) is 31.1. The third-order valence-corrected chi connectivity index (χ3v) is 3.58. The molecule has 1 saturated heterocycles. The Balaban J connectivity index is 2.33. The Morgan fingerprint density at radius 1 is 1.18 bits per heavy atom. The van der Waals surface area contributed by atoms with Crippen LogP contribution >= 0.6 is 0 Å². The number of aliphatic hydroxyl groups is 4. The average molecular weight is 305 g/mol. The molecule has 1 aromatic rings. The Kier molecular flexibility index (Phi) is 5.00. The van der Waals surface area contributed by atoms with Gasteiger partial charge in [-0.3, -0.25) is 0 Å². The summed E-state index contributed by atoms with van der Waals surface area (Å²) in [5, 5.41) is 47.5. The summed E-state index contributed by atoms with van der Waals surface area (Å²) in [5.74, 6) is 0. The summed E-state index contributed by atoms with van der Waals surface area (Å²) in [7, 11) is 0. The zero-order valence-corrected chi connectivity index (χ0v) is 11.4. The molecule has 0 amide bonds. The molecule has 0 spiro atoms. The summed E-state index contributed by atoms with van der Waals surface area (Å²) in [6, 6.07) is 7.91. The summed E-state index contributed by atoms with van der Waals surface area (Å²) in [6.45, 7) is -0.576. The number of hydrogen-bond donors (Lipinski definition) is 4. The Hall–Kier alpha value is -2.11. The van der Waals surface area contributed by atoms with Gasteiger partial charge in [0.2, 0.25) is 0 Å². The van der Waals surface area contributed by atoms with Gasteiger partial charge >= 0.3 is 5.71 Å². The Bertz CT molecular complexity index is 618. The second-order valence-corrected chi connectivity index (χ2v) is 4.92. The summed E-state index contributed by atoms with van der Waals surface area (Å²) in [5.41, 5.74) is 9.89. The minimum Gasteiger partial charge on any atom is -0.394 e. The highest BCUT2D eigenvalue weighted by Crippen LogP contribution is 2.23. The molecule has 0 unspecified atom stereocenters. The van der Waals surface area contributed by atoms with Gasteiger partial charge in [0.25, 0.3) is 0 Å². The molecule has 8 heteroatoms. The SMILES string of the molecule is N#Cc1ccc(C(=[N+]=[N-])[C@H]2O[C@H](CO)[C@@H](O)[C@H](O)[C@H]2O)cc1. The van der Waals surface area contributed by atoms with E-state index in [0.717, 1.165) is 0 Å². The van der Waals surface area contributed by atoms with Crippen LogP contribution in [0.2, 0.25) is 0 Å². The molecule has 0 aliphatic carbocycles. The molecule has 0 bridgehead atoms. The molecule has 8 nitrogen and oxygen atoms in total. The van der Waals surface area contributed by atoms with Crippen LogP contribution in [0.15, 0.2) is 24.3 Å². The zero-order chi connectivity index (χ0) is 16.3. The van der Waals surface area contributed by atoms with Gasteiger partial charge in [-0.05, 0) is 24.3 Å². The van der Waals surface area contributed by atoms with Gasteiger partial charge in [-0.2, -0.15) is 10.1 Å². The van der Waals surface area contributed by atoms with Crippen molar-refractivity contribution in [2.24, 2.45) is 0 Å². The van der Waals surface area contributed by atoms with Crippen molar-refractivity contribution < 1.29 is 30.0 Å². The molecule has 0 saturated carbocycles. The van der Waals surface area contributed by atoms with Crippen LogP contribution in [0, 0.1) is 11.3 Å². The Labute approximate surface area is 126 Å². The third kappa shape index (κ3) is 2.91. The molecule has 1 aliphatic rings. The molecule has 0 aromatic heterocycles. The number of hydrogen-bond acceptors (Lipinski definition) is 6. The van der Waals surface area contributed by atoms with E-state index in [9.17, 15) is 20.9 Å². The van der Waals surface area contributed by atoms with E-state index in [-0.39, 0.29) is 5.71 Å². The molecule has 116 valence electrons. The Morgan fingerprint density at radius 3 is 2.32 bits per heavy atom. The smallest absolute Gasteiger partial charge is 0.330 e. The topological polar surface area (TPSA) is 150 Å². The molecular formula is C14H15N3O5. The van der Waals surface area contributed by atoms with Crippen LogP contribution in [-0.4, -0.2) is 68.1 Å².